The Morgan fingerprint density at radius 1 is 1.06 bits per heavy atom. The molecule has 4 rings (SSSR count). The first kappa shape index (κ1) is 20.9. The second-order valence-corrected chi connectivity index (χ2v) is 6.91. The predicted molar refractivity (Wildman–Crippen MR) is 125 cm³/mol. The summed E-state index contributed by atoms with van der Waals surface area (Å²) >= 11 is 0. The van der Waals surface area contributed by atoms with Crippen LogP contribution in [-0.2, 0) is 4.74 Å². The molecule has 0 atom stereocenters. The van der Waals surface area contributed by atoms with Crippen LogP contribution in [0.3, 0.4) is 0 Å². The summed E-state index contributed by atoms with van der Waals surface area (Å²) in [4.78, 5) is 21.4. The molecule has 32 heavy (non-hydrogen) atoms. The topological polar surface area (TPSA) is 73.3 Å². The van der Waals surface area contributed by atoms with Gasteiger partial charge < -0.3 is 14.8 Å². The maximum absolute atomic E-state index is 12.6. The van der Waals surface area contributed by atoms with Crippen LogP contribution in [0.2, 0.25) is 0 Å². The standard InChI is InChI=1S/C26H21N3O3/c1-4-17-9-8-10-18(13-17)29-25-22-14-21(24(31-3)15-23(22)27-16-28-25)19-11-6-7-12-20(19)26(30)32-5-2/h1,6-16H,5H2,2-3H3,(H,27,28,29). The molecule has 0 amide bonds. The molecule has 0 aliphatic rings. The highest BCUT2D eigenvalue weighted by molar-refractivity contribution is 6.02. The second kappa shape index (κ2) is 9.19. The van der Waals surface area contributed by atoms with E-state index in [1.165, 1.54) is 6.33 Å². The van der Waals surface area contributed by atoms with Gasteiger partial charge in [-0.25, -0.2) is 14.8 Å². The van der Waals surface area contributed by atoms with Crippen LogP contribution < -0.4 is 10.1 Å². The smallest absolute Gasteiger partial charge is 0.338 e. The molecule has 0 saturated heterocycles. The van der Waals surface area contributed by atoms with Gasteiger partial charge in [-0.15, -0.1) is 6.42 Å². The predicted octanol–water partition coefficient (Wildman–Crippen LogP) is 5.21. The molecule has 0 radical (unpaired) electrons. The molecule has 158 valence electrons. The Balaban J connectivity index is 1.87. The molecule has 0 fully saturated rings. The maximum Gasteiger partial charge on any atom is 0.338 e. The van der Waals surface area contributed by atoms with Gasteiger partial charge in [0.15, 0.2) is 0 Å². The summed E-state index contributed by atoms with van der Waals surface area (Å²) in [6.07, 6.45) is 7.01. The summed E-state index contributed by atoms with van der Waals surface area (Å²) in [5.74, 6) is 3.44. The summed E-state index contributed by atoms with van der Waals surface area (Å²) in [6, 6.07) is 18.5. The average Bonchev–Trinajstić information content (AvgIpc) is 2.83. The van der Waals surface area contributed by atoms with Gasteiger partial charge in [0.2, 0.25) is 0 Å². The molecule has 1 heterocycles. The Bertz CT molecular complexity index is 1340. The van der Waals surface area contributed by atoms with Gasteiger partial charge in [-0.3, -0.25) is 0 Å². The molecule has 0 aliphatic heterocycles. The van der Waals surface area contributed by atoms with E-state index < -0.39 is 0 Å². The molecular weight excluding hydrogens is 402 g/mol. The highest BCUT2D eigenvalue weighted by atomic mass is 16.5. The quantitative estimate of drug-likeness (QED) is 0.339. The van der Waals surface area contributed by atoms with Crippen molar-refractivity contribution in [2.45, 2.75) is 6.92 Å². The molecule has 4 aromatic rings. The second-order valence-electron chi connectivity index (χ2n) is 6.91. The summed E-state index contributed by atoms with van der Waals surface area (Å²) in [6.45, 7) is 2.07. The minimum absolute atomic E-state index is 0.292. The number of ether oxygens (including phenoxy) is 2. The summed E-state index contributed by atoms with van der Waals surface area (Å²) in [7, 11) is 1.59. The van der Waals surface area contributed by atoms with Crippen LogP contribution in [0, 0.1) is 12.3 Å². The Morgan fingerprint density at radius 2 is 1.91 bits per heavy atom. The lowest BCUT2D eigenvalue weighted by Crippen LogP contribution is -2.06. The van der Waals surface area contributed by atoms with E-state index in [1.54, 1.807) is 26.2 Å². The molecule has 1 N–H and O–H groups in total. The van der Waals surface area contributed by atoms with E-state index in [-0.39, 0.29) is 5.97 Å². The van der Waals surface area contributed by atoms with Crippen LogP contribution >= 0.6 is 0 Å². The summed E-state index contributed by atoms with van der Waals surface area (Å²) in [5, 5.41) is 4.09. The van der Waals surface area contributed by atoms with Gasteiger partial charge in [0, 0.05) is 28.3 Å². The van der Waals surface area contributed by atoms with Crippen LogP contribution in [0.15, 0.2) is 67.0 Å². The van der Waals surface area contributed by atoms with Crippen molar-refractivity contribution >= 4 is 28.4 Å². The van der Waals surface area contributed by atoms with Crippen molar-refractivity contribution in [1.82, 2.24) is 9.97 Å². The SMILES string of the molecule is C#Cc1cccc(Nc2ncnc3cc(OC)c(-c4ccccc4C(=O)OCC)cc23)c1. The highest BCUT2D eigenvalue weighted by Crippen LogP contribution is 2.37. The number of nitrogens with one attached hydrogen (secondary N) is 1. The Labute approximate surface area is 186 Å². The van der Waals surface area contributed by atoms with E-state index in [4.69, 9.17) is 15.9 Å². The van der Waals surface area contributed by atoms with Crippen LogP contribution in [-0.4, -0.2) is 29.7 Å². The van der Waals surface area contributed by atoms with Crippen molar-refractivity contribution in [1.29, 1.82) is 0 Å². The van der Waals surface area contributed by atoms with Crippen molar-refractivity contribution in [2.75, 3.05) is 19.0 Å². The van der Waals surface area contributed by atoms with Crippen molar-refractivity contribution in [3.05, 3.63) is 78.1 Å². The first-order valence-electron chi connectivity index (χ1n) is 10.1. The van der Waals surface area contributed by atoms with Gasteiger partial charge in [-0.2, -0.15) is 0 Å². The third kappa shape index (κ3) is 4.09. The van der Waals surface area contributed by atoms with Crippen molar-refractivity contribution in [3.8, 4) is 29.2 Å². The van der Waals surface area contributed by atoms with Gasteiger partial charge >= 0.3 is 5.97 Å². The number of methoxy groups -OCH3 is 1. The van der Waals surface area contributed by atoms with E-state index in [2.05, 4.69) is 21.2 Å². The van der Waals surface area contributed by atoms with Crippen molar-refractivity contribution in [2.24, 2.45) is 0 Å². The largest absolute Gasteiger partial charge is 0.496 e. The van der Waals surface area contributed by atoms with Gasteiger partial charge in [-0.1, -0.05) is 30.2 Å². The number of rotatable bonds is 6. The van der Waals surface area contributed by atoms with Crippen molar-refractivity contribution < 1.29 is 14.3 Å². The Morgan fingerprint density at radius 3 is 2.69 bits per heavy atom. The molecule has 1 aromatic heterocycles. The minimum Gasteiger partial charge on any atom is -0.496 e. The zero-order valence-corrected chi connectivity index (χ0v) is 17.8. The lowest BCUT2D eigenvalue weighted by molar-refractivity contribution is 0.0527. The van der Waals surface area contributed by atoms with E-state index in [9.17, 15) is 4.79 Å². The Kier molecular flexibility index (Phi) is 6.00. The van der Waals surface area contributed by atoms with Crippen LogP contribution in [0.5, 0.6) is 5.75 Å². The Hall–Kier alpha value is -4.37. The number of nitrogens with zero attached hydrogens (tertiary/aromatic N) is 2. The number of benzene rings is 3. The first-order chi connectivity index (χ1) is 15.6. The zero-order chi connectivity index (χ0) is 22.5. The number of anilines is 2. The maximum atomic E-state index is 12.6. The summed E-state index contributed by atoms with van der Waals surface area (Å²) < 4.78 is 10.9. The number of esters is 1. The fraction of sp³-hybridized carbons (Fsp3) is 0.115. The fourth-order valence-corrected chi connectivity index (χ4v) is 3.49. The number of hydrogen-bond donors (Lipinski definition) is 1. The lowest BCUT2D eigenvalue weighted by atomic mass is 9.97. The molecule has 0 aliphatic carbocycles. The number of carbonyl (C=O) groups excluding carboxylic acids is 1. The minimum atomic E-state index is -0.390. The average molecular weight is 423 g/mol. The van der Waals surface area contributed by atoms with E-state index in [0.717, 1.165) is 22.2 Å². The molecular formula is C26H21N3O3. The molecule has 0 bridgehead atoms. The number of fused-ring (bicyclic) bond motifs is 1. The lowest BCUT2D eigenvalue weighted by Gasteiger charge is -2.15. The number of hydrogen-bond acceptors (Lipinski definition) is 6. The van der Waals surface area contributed by atoms with E-state index in [0.29, 0.717) is 34.8 Å². The van der Waals surface area contributed by atoms with Crippen LogP contribution in [0.25, 0.3) is 22.0 Å². The van der Waals surface area contributed by atoms with Gasteiger partial charge in [0.05, 0.1) is 24.8 Å². The monoisotopic (exact) mass is 423 g/mol. The van der Waals surface area contributed by atoms with Crippen LogP contribution in [0.1, 0.15) is 22.8 Å². The third-order valence-electron chi connectivity index (χ3n) is 4.96. The fourth-order valence-electron chi connectivity index (χ4n) is 3.49. The summed E-state index contributed by atoms with van der Waals surface area (Å²) in [5.41, 5.74) is 4.17. The molecule has 0 saturated carbocycles. The third-order valence-corrected chi connectivity index (χ3v) is 4.96. The van der Waals surface area contributed by atoms with E-state index >= 15 is 0 Å². The van der Waals surface area contributed by atoms with Gasteiger partial charge in [-0.05, 0) is 42.8 Å². The highest BCUT2D eigenvalue weighted by Gasteiger charge is 2.18. The molecule has 0 spiro atoms. The molecule has 6 nitrogen and oxygen atoms in total. The van der Waals surface area contributed by atoms with Gasteiger partial charge in [0.25, 0.3) is 0 Å². The van der Waals surface area contributed by atoms with Crippen LogP contribution in [0.4, 0.5) is 11.5 Å². The molecule has 3 aromatic carbocycles. The number of terminal acetylenes is 1. The first-order valence-corrected chi connectivity index (χ1v) is 10.1. The van der Waals surface area contributed by atoms with Crippen molar-refractivity contribution in [3.63, 3.8) is 0 Å². The normalized spacial score (nSPS) is 10.4. The van der Waals surface area contributed by atoms with E-state index in [1.807, 2.05) is 48.5 Å². The van der Waals surface area contributed by atoms with Gasteiger partial charge in [0.1, 0.15) is 17.9 Å². The number of carbonyl (C=O) groups is 1. The zero-order valence-electron chi connectivity index (χ0n) is 17.8. The molecule has 6 heteroatoms. The number of aromatic nitrogens is 2. The molecule has 0 unspecified atom stereocenters.